The highest BCUT2D eigenvalue weighted by molar-refractivity contribution is 5.45. The summed E-state index contributed by atoms with van der Waals surface area (Å²) in [5, 5.41) is 3.36. The molecule has 5 nitrogen and oxygen atoms in total. The number of carbonyl (C=O) groups excluding carboxylic acids is 1. The number of benzene rings is 2. The predicted molar refractivity (Wildman–Crippen MR) is 118 cm³/mol. The van der Waals surface area contributed by atoms with Gasteiger partial charge in [-0.05, 0) is 56.6 Å². The zero-order valence-electron chi connectivity index (χ0n) is 17.5. The molecule has 0 bridgehead atoms. The first kappa shape index (κ1) is 23.8. The molecule has 5 heteroatoms. The van der Waals surface area contributed by atoms with E-state index in [0.29, 0.717) is 6.61 Å². The average molecular weight is 386 g/mol. The van der Waals surface area contributed by atoms with E-state index in [4.69, 9.17) is 15.3 Å². The molecule has 0 aliphatic rings. The smallest absolute Gasteiger partial charge is 0.106 e. The topological polar surface area (TPSA) is 67.6 Å². The summed E-state index contributed by atoms with van der Waals surface area (Å²) in [6, 6.07) is 19.5. The quantitative estimate of drug-likeness (QED) is 0.459. The molecule has 28 heavy (non-hydrogen) atoms. The fourth-order valence-electron chi connectivity index (χ4n) is 3.39. The van der Waals surface area contributed by atoms with E-state index < -0.39 is 0 Å². The van der Waals surface area contributed by atoms with Gasteiger partial charge in [0.15, 0.2) is 0 Å². The van der Waals surface area contributed by atoms with Crippen molar-refractivity contribution in [1.29, 1.82) is 0 Å². The Morgan fingerprint density at radius 2 is 1.57 bits per heavy atom. The number of rotatable bonds is 11. The van der Waals surface area contributed by atoms with Gasteiger partial charge >= 0.3 is 0 Å². The molecule has 2 rings (SSSR count). The molecule has 0 aromatic heterocycles. The third-order valence-electron chi connectivity index (χ3n) is 5.16. The molecule has 0 saturated heterocycles. The highest BCUT2D eigenvalue weighted by Gasteiger charge is 2.31. The average Bonchev–Trinajstić information content (AvgIpc) is 2.74. The van der Waals surface area contributed by atoms with E-state index in [-0.39, 0.29) is 12.3 Å². The van der Waals surface area contributed by atoms with Gasteiger partial charge in [0, 0.05) is 17.8 Å². The van der Waals surface area contributed by atoms with Gasteiger partial charge in [0.05, 0.1) is 13.3 Å². The minimum Gasteiger partial charge on any atom is -0.383 e. The molecule has 154 valence electrons. The van der Waals surface area contributed by atoms with Crippen LogP contribution in [0.3, 0.4) is 0 Å². The Labute approximate surface area is 169 Å². The summed E-state index contributed by atoms with van der Waals surface area (Å²) in [6.45, 7) is 5.94. The molecule has 0 heterocycles. The van der Waals surface area contributed by atoms with Crippen LogP contribution in [-0.4, -0.2) is 51.2 Å². The van der Waals surface area contributed by atoms with E-state index in [2.05, 4.69) is 85.8 Å². The van der Waals surface area contributed by atoms with Crippen molar-refractivity contribution < 1.29 is 9.53 Å². The van der Waals surface area contributed by atoms with Gasteiger partial charge in [0.1, 0.15) is 6.79 Å². The Bertz CT molecular complexity index is 647. The second kappa shape index (κ2) is 13.0. The van der Waals surface area contributed by atoms with Gasteiger partial charge in [0.25, 0.3) is 0 Å². The maximum Gasteiger partial charge on any atom is 0.106 e. The standard InChI is InChI=1S/C22H33N3O.CH2O/c1-4-22(25(2)3,16-19-8-6-5-7-9-19)17-20-10-12-21(13-11-20)24-14-15-26-18-23;1-2/h5-13,24H,4,14-18,23H2,1-3H3;1H2. The second-order valence-corrected chi connectivity index (χ2v) is 7.01. The summed E-state index contributed by atoms with van der Waals surface area (Å²) in [6.07, 6.45) is 3.18. The van der Waals surface area contributed by atoms with E-state index in [0.717, 1.165) is 31.5 Å². The monoisotopic (exact) mass is 385 g/mol. The number of nitrogens with one attached hydrogen (secondary N) is 1. The molecule has 0 spiro atoms. The SMILES string of the molecule is C=O.CCC(Cc1ccccc1)(Cc1ccc(NCCOCN)cc1)N(C)C. The van der Waals surface area contributed by atoms with Gasteiger partial charge in [-0.3, -0.25) is 0 Å². The first-order valence-electron chi connectivity index (χ1n) is 9.70. The third-order valence-corrected chi connectivity index (χ3v) is 5.16. The lowest BCUT2D eigenvalue weighted by molar-refractivity contribution is -0.0979. The van der Waals surface area contributed by atoms with E-state index in [9.17, 15) is 0 Å². The van der Waals surface area contributed by atoms with Gasteiger partial charge < -0.3 is 25.5 Å². The van der Waals surface area contributed by atoms with Crippen LogP contribution in [0, 0.1) is 0 Å². The molecule has 1 unspecified atom stereocenters. The van der Waals surface area contributed by atoms with Crippen LogP contribution in [-0.2, 0) is 22.4 Å². The summed E-state index contributed by atoms with van der Waals surface area (Å²) < 4.78 is 5.15. The number of nitrogens with two attached hydrogens (primary N) is 1. The number of carbonyl (C=O) groups is 1. The third kappa shape index (κ3) is 7.43. The molecule has 0 radical (unpaired) electrons. The van der Waals surface area contributed by atoms with E-state index >= 15 is 0 Å². The Morgan fingerprint density at radius 1 is 1.00 bits per heavy atom. The van der Waals surface area contributed by atoms with Gasteiger partial charge in [-0.2, -0.15) is 0 Å². The molecule has 1 atom stereocenters. The Hall–Kier alpha value is -2.21. The van der Waals surface area contributed by atoms with Crippen molar-refractivity contribution in [2.75, 3.05) is 39.3 Å². The van der Waals surface area contributed by atoms with Crippen molar-refractivity contribution in [3.63, 3.8) is 0 Å². The highest BCUT2D eigenvalue weighted by Crippen LogP contribution is 2.28. The lowest BCUT2D eigenvalue weighted by Gasteiger charge is -2.40. The molecule has 0 fully saturated rings. The number of hydrogen-bond donors (Lipinski definition) is 2. The van der Waals surface area contributed by atoms with Crippen LogP contribution in [0.1, 0.15) is 24.5 Å². The van der Waals surface area contributed by atoms with Crippen molar-refractivity contribution in [3.05, 3.63) is 65.7 Å². The summed E-state index contributed by atoms with van der Waals surface area (Å²) >= 11 is 0. The van der Waals surface area contributed by atoms with E-state index in [1.807, 2.05) is 6.79 Å². The van der Waals surface area contributed by atoms with E-state index in [1.165, 1.54) is 11.1 Å². The lowest BCUT2D eigenvalue weighted by Crippen LogP contribution is -2.47. The zero-order chi connectivity index (χ0) is 20.8. The van der Waals surface area contributed by atoms with Crippen molar-refractivity contribution in [2.45, 2.75) is 31.7 Å². The van der Waals surface area contributed by atoms with Crippen LogP contribution in [0.15, 0.2) is 54.6 Å². The Kier molecular flexibility index (Phi) is 11.1. The first-order valence-corrected chi connectivity index (χ1v) is 9.70. The van der Waals surface area contributed by atoms with Gasteiger partial charge in [-0.1, -0.05) is 49.4 Å². The fraction of sp³-hybridized carbons (Fsp3) is 0.435. The molecule has 3 N–H and O–H groups in total. The molecule has 2 aromatic carbocycles. The maximum absolute atomic E-state index is 8.00. The number of ether oxygens (including phenoxy) is 1. The molecule has 0 saturated carbocycles. The van der Waals surface area contributed by atoms with Crippen LogP contribution < -0.4 is 11.1 Å². The molecule has 0 amide bonds. The van der Waals surface area contributed by atoms with Crippen molar-refractivity contribution in [1.82, 2.24) is 4.90 Å². The van der Waals surface area contributed by atoms with Crippen molar-refractivity contribution in [2.24, 2.45) is 5.73 Å². The summed E-state index contributed by atoms with van der Waals surface area (Å²) in [5.74, 6) is 0. The van der Waals surface area contributed by atoms with E-state index in [1.54, 1.807) is 0 Å². The fourth-order valence-corrected chi connectivity index (χ4v) is 3.39. The molecular weight excluding hydrogens is 350 g/mol. The van der Waals surface area contributed by atoms with Crippen molar-refractivity contribution in [3.8, 4) is 0 Å². The van der Waals surface area contributed by atoms with Crippen molar-refractivity contribution >= 4 is 12.5 Å². The Morgan fingerprint density at radius 3 is 2.07 bits per heavy atom. The normalized spacial score (nSPS) is 12.8. The predicted octanol–water partition coefficient (Wildman–Crippen LogP) is 3.34. The largest absolute Gasteiger partial charge is 0.383 e. The number of likely N-dealkylation sites (N-methyl/N-ethyl adjacent to an activating group) is 1. The van der Waals surface area contributed by atoms with Crippen LogP contribution in [0.25, 0.3) is 0 Å². The minimum absolute atomic E-state index is 0.116. The minimum atomic E-state index is 0.116. The first-order chi connectivity index (χ1) is 13.6. The number of hydrogen-bond acceptors (Lipinski definition) is 5. The van der Waals surface area contributed by atoms with Crippen LogP contribution in [0.4, 0.5) is 5.69 Å². The van der Waals surface area contributed by atoms with Crippen LogP contribution in [0.2, 0.25) is 0 Å². The lowest BCUT2D eigenvalue weighted by atomic mass is 9.81. The zero-order valence-corrected chi connectivity index (χ0v) is 17.5. The molecular formula is C23H35N3O2. The maximum atomic E-state index is 8.00. The summed E-state index contributed by atoms with van der Waals surface area (Å²) in [7, 11) is 4.39. The van der Waals surface area contributed by atoms with Crippen LogP contribution >= 0.6 is 0 Å². The van der Waals surface area contributed by atoms with Gasteiger partial charge in [-0.15, -0.1) is 0 Å². The number of nitrogens with zero attached hydrogens (tertiary/aromatic N) is 1. The van der Waals surface area contributed by atoms with Gasteiger partial charge in [0.2, 0.25) is 0 Å². The highest BCUT2D eigenvalue weighted by atomic mass is 16.5. The summed E-state index contributed by atoms with van der Waals surface area (Å²) in [5.41, 5.74) is 9.31. The second-order valence-electron chi connectivity index (χ2n) is 7.01. The Balaban J connectivity index is 0.00000190. The molecule has 0 aliphatic heterocycles. The molecule has 0 aliphatic carbocycles. The number of anilines is 1. The molecule has 2 aromatic rings. The van der Waals surface area contributed by atoms with Crippen LogP contribution in [0.5, 0.6) is 0 Å². The van der Waals surface area contributed by atoms with Gasteiger partial charge in [-0.25, -0.2) is 0 Å². The summed E-state index contributed by atoms with van der Waals surface area (Å²) in [4.78, 5) is 10.4.